The number of anilines is 1. The maximum absolute atomic E-state index is 13.1. The van der Waals surface area contributed by atoms with Crippen LogP contribution in [0.15, 0.2) is 18.2 Å². The fourth-order valence-corrected chi connectivity index (χ4v) is 2.37. The normalized spacial score (nSPS) is 19.3. The van der Waals surface area contributed by atoms with E-state index in [1.165, 1.54) is 6.07 Å². The van der Waals surface area contributed by atoms with Crippen LogP contribution in [0.2, 0.25) is 0 Å². The van der Waals surface area contributed by atoms with Crippen LogP contribution in [0.5, 0.6) is 0 Å². The highest BCUT2D eigenvalue weighted by Crippen LogP contribution is 2.21. The number of hydrogen-bond acceptors (Lipinski definition) is 3. The van der Waals surface area contributed by atoms with E-state index in [2.05, 4.69) is 10.3 Å². The number of carbonyl (C=O) groups excluding carboxylic acids is 1. The molecule has 1 fully saturated rings. The number of nitrogens with one attached hydrogen (secondary N) is 1. The molecule has 0 bridgehead atoms. The van der Waals surface area contributed by atoms with Gasteiger partial charge in [-0.3, -0.25) is 4.79 Å². The Hall–Kier alpha value is -1.65. The van der Waals surface area contributed by atoms with Crippen LogP contribution >= 0.6 is 0 Å². The predicted octanol–water partition coefficient (Wildman–Crippen LogP) is 1.96. The number of hydrogen-bond donors (Lipinski definition) is 1. The van der Waals surface area contributed by atoms with Gasteiger partial charge in [-0.05, 0) is 31.4 Å². The summed E-state index contributed by atoms with van der Waals surface area (Å²) in [5, 5.41) is 2.93. The van der Waals surface area contributed by atoms with Gasteiger partial charge in [-0.1, -0.05) is 13.0 Å². The van der Waals surface area contributed by atoms with Crippen LogP contribution in [-0.2, 0) is 4.79 Å². The van der Waals surface area contributed by atoms with Crippen molar-refractivity contribution in [2.24, 2.45) is 5.92 Å². The molecule has 2 rings (SSSR count). The maximum atomic E-state index is 13.1. The van der Waals surface area contributed by atoms with Crippen LogP contribution in [0, 0.1) is 11.9 Å². The van der Waals surface area contributed by atoms with Crippen molar-refractivity contribution in [2.45, 2.75) is 26.2 Å². The molecule has 1 aromatic heterocycles. The van der Waals surface area contributed by atoms with E-state index in [4.69, 9.17) is 0 Å². The van der Waals surface area contributed by atoms with Crippen molar-refractivity contribution in [3.05, 3.63) is 24.1 Å². The van der Waals surface area contributed by atoms with Gasteiger partial charge in [0.05, 0.1) is 5.92 Å². The third-order valence-corrected chi connectivity index (χ3v) is 3.37. The summed E-state index contributed by atoms with van der Waals surface area (Å²) < 4.78 is 13.1. The molecular weight excluding hydrogens is 245 g/mol. The third kappa shape index (κ3) is 3.66. The van der Waals surface area contributed by atoms with Crippen molar-refractivity contribution in [3.8, 4) is 0 Å². The lowest BCUT2D eigenvalue weighted by Gasteiger charge is -2.32. The van der Waals surface area contributed by atoms with Crippen LogP contribution in [0.3, 0.4) is 0 Å². The Morgan fingerprint density at radius 2 is 2.42 bits per heavy atom. The first-order valence-corrected chi connectivity index (χ1v) is 6.86. The monoisotopic (exact) mass is 265 g/mol. The number of nitrogens with zero attached hydrogens (tertiary/aromatic N) is 2. The van der Waals surface area contributed by atoms with E-state index < -0.39 is 5.95 Å². The summed E-state index contributed by atoms with van der Waals surface area (Å²) in [5.74, 6) is 0.219. The highest BCUT2D eigenvalue weighted by molar-refractivity contribution is 5.79. The Bertz CT molecular complexity index is 438. The van der Waals surface area contributed by atoms with E-state index in [0.29, 0.717) is 18.9 Å². The molecule has 1 unspecified atom stereocenters. The summed E-state index contributed by atoms with van der Waals surface area (Å²) in [6.07, 6.45) is 2.76. The van der Waals surface area contributed by atoms with E-state index in [1.54, 1.807) is 12.1 Å². The predicted molar refractivity (Wildman–Crippen MR) is 72.4 cm³/mol. The Morgan fingerprint density at radius 1 is 1.58 bits per heavy atom. The summed E-state index contributed by atoms with van der Waals surface area (Å²) in [4.78, 5) is 17.8. The Balaban J connectivity index is 1.99. The average Bonchev–Trinajstić information content (AvgIpc) is 2.45. The van der Waals surface area contributed by atoms with Crippen LogP contribution in [0.4, 0.5) is 10.2 Å². The first kappa shape index (κ1) is 13.8. The van der Waals surface area contributed by atoms with Gasteiger partial charge in [-0.25, -0.2) is 4.98 Å². The fourth-order valence-electron chi connectivity index (χ4n) is 2.37. The van der Waals surface area contributed by atoms with Crippen molar-refractivity contribution >= 4 is 11.7 Å². The number of aromatic nitrogens is 1. The molecule has 0 aromatic carbocycles. The molecule has 1 atom stereocenters. The number of pyridine rings is 1. The average molecular weight is 265 g/mol. The van der Waals surface area contributed by atoms with Gasteiger partial charge in [-0.2, -0.15) is 4.39 Å². The molecule has 0 spiro atoms. The van der Waals surface area contributed by atoms with Gasteiger partial charge in [0.15, 0.2) is 0 Å². The fraction of sp³-hybridized carbons (Fsp3) is 0.571. The summed E-state index contributed by atoms with van der Waals surface area (Å²) >= 11 is 0. The topological polar surface area (TPSA) is 45.2 Å². The molecule has 0 saturated carbocycles. The van der Waals surface area contributed by atoms with Crippen molar-refractivity contribution in [1.82, 2.24) is 10.3 Å². The minimum absolute atomic E-state index is 0.0228. The zero-order chi connectivity index (χ0) is 13.7. The lowest BCUT2D eigenvalue weighted by Crippen LogP contribution is -2.43. The molecule has 1 aromatic rings. The van der Waals surface area contributed by atoms with Crippen molar-refractivity contribution in [1.29, 1.82) is 0 Å². The van der Waals surface area contributed by atoms with E-state index in [0.717, 1.165) is 25.8 Å². The molecule has 5 heteroatoms. The van der Waals surface area contributed by atoms with Crippen LogP contribution in [0.1, 0.15) is 26.2 Å². The molecule has 19 heavy (non-hydrogen) atoms. The van der Waals surface area contributed by atoms with Gasteiger partial charge in [0.25, 0.3) is 0 Å². The van der Waals surface area contributed by atoms with Gasteiger partial charge in [0.2, 0.25) is 11.9 Å². The summed E-state index contributed by atoms with van der Waals surface area (Å²) in [6.45, 7) is 4.19. The van der Waals surface area contributed by atoms with Crippen LogP contribution < -0.4 is 10.2 Å². The third-order valence-electron chi connectivity index (χ3n) is 3.37. The van der Waals surface area contributed by atoms with E-state index in [-0.39, 0.29) is 11.8 Å². The molecule has 1 aliphatic heterocycles. The maximum Gasteiger partial charge on any atom is 0.224 e. The van der Waals surface area contributed by atoms with Gasteiger partial charge < -0.3 is 10.2 Å². The molecule has 104 valence electrons. The molecule has 1 N–H and O–H groups in total. The zero-order valence-corrected chi connectivity index (χ0v) is 11.2. The number of amides is 1. The minimum atomic E-state index is -0.477. The molecule has 2 heterocycles. The van der Waals surface area contributed by atoms with E-state index >= 15 is 0 Å². The van der Waals surface area contributed by atoms with E-state index in [1.807, 2.05) is 11.8 Å². The lowest BCUT2D eigenvalue weighted by atomic mass is 9.97. The summed E-state index contributed by atoms with van der Waals surface area (Å²) in [7, 11) is 0. The van der Waals surface area contributed by atoms with Crippen molar-refractivity contribution in [3.63, 3.8) is 0 Å². The molecular formula is C14H20FN3O. The number of rotatable bonds is 4. The smallest absolute Gasteiger partial charge is 0.224 e. The number of halogens is 1. The standard InChI is InChI=1S/C14H20FN3O/c1-2-8-16-14(19)11-5-4-9-18(10-11)13-7-3-6-12(15)17-13/h3,6-7,11H,2,4-5,8-10H2,1H3,(H,16,19). The molecule has 1 aliphatic rings. The Morgan fingerprint density at radius 3 is 3.16 bits per heavy atom. The van der Waals surface area contributed by atoms with Gasteiger partial charge in [0.1, 0.15) is 5.82 Å². The van der Waals surface area contributed by atoms with Gasteiger partial charge >= 0.3 is 0 Å². The highest BCUT2D eigenvalue weighted by atomic mass is 19.1. The largest absolute Gasteiger partial charge is 0.356 e. The Labute approximate surface area is 113 Å². The van der Waals surface area contributed by atoms with Crippen molar-refractivity contribution in [2.75, 3.05) is 24.5 Å². The van der Waals surface area contributed by atoms with Crippen LogP contribution in [0.25, 0.3) is 0 Å². The van der Waals surface area contributed by atoms with Gasteiger partial charge in [-0.15, -0.1) is 0 Å². The minimum Gasteiger partial charge on any atom is -0.356 e. The molecule has 1 saturated heterocycles. The van der Waals surface area contributed by atoms with Gasteiger partial charge in [0, 0.05) is 19.6 Å². The quantitative estimate of drug-likeness (QED) is 0.846. The lowest BCUT2D eigenvalue weighted by molar-refractivity contribution is -0.125. The summed E-state index contributed by atoms with van der Waals surface area (Å²) in [5.41, 5.74) is 0. The Kier molecular flexibility index (Phi) is 4.71. The second-order valence-corrected chi connectivity index (χ2v) is 4.89. The number of piperidine rings is 1. The van der Waals surface area contributed by atoms with Crippen LogP contribution in [-0.4, -0.2) is 30.5 Å². The summed E-state index contributed by atoms with van der Waals surface area (Å²) in [6, 6.07) is 4.77. The van der Waals surface area contributed by atoms with E-state index in [9.17, 15) is 9.18 Å². The zero-order valence-electron chi connectivity index (χ0n) is 11.2. The molecule has 0 radical (unpaired) electrons. The molecule has 1 amide bonds. The molecule has 4 nitrogen and oxygen atoms in total. The van der Waals surface area contributed by atoms with Crippen molar-refractivity contribution < 1.29 is 9.18 Å². The second kappa shape index (κ2) is 6.50. The SMILES string of the molecule is CCCNC(=O)C1CCCN(c2cccc(F)n2)C1. The first-order valence-electron chi connectivity index (χ1n) is 6.86. The first-order chi connectivity index (χ1) is 9.20. The highest BCUT2D eigenvalue weighted by Gasteiger charge is 2.26. The molecule has 0 aliphatic carbocycles. The second-order valence-electron chi connectivity index (χ2n) is 4.89. The number of carbonyl (C=O) groups is 1.